The SMILES string of the molecule is Cc1ccc(OCC2=N/C(=C/C(=O)O)C(=O)O2)cc1. The first-order valence-corrected chi connectivity index (χ1v) is 5.48. The van der Waals surface area contributed by atoms with E-state index in [0.29, 0.717) is 11.8 Å². The third-order valence-corrected chi connectivity index (χ3v) is 2.31. The number of hydrogen-bond donors (Lipinski definition) is 1. The van der Waals surface area contributed by atoms with Crippen LogP contribution in [0.2, 0.25) is 0 Å². The molecule has 0 saturated carbocycles. The Morgan fingerprint density at radius 1 is 1.42 bits per heavy atom. The first-order valence-electron chi connectivity index (χ1n) is 5.48. The Hall–Kier alpha value is -2.63. The van der Waals surface area contributed by atoms with Crippen LogP contribution in [-0.2, 0) is 14.3 Å². The quantitative estimate of drug-likeness (QED) is 0.652. The van der Waals surface area contributed by atoms with Crippen molar-refractivity contribution in [2.45, 2.75) is 6.92 Å². The number of aliphatic imine (C=N–C) groups is 1. The molecule has 0 aromatic heterocycles. The van der Waals surface area contributed by atoms with Gasteiger partial charge in [-0.2, -0.15) is 0 Å². The van der Waals surface area contributed by atoms with E-state index in [2.05, 4.69) is 4.99 Å². The van der Waals surface area contributed by atoms with E-state index >= 15 is 0 Å². The van der Waals surface area contributed by atoms with Gasteiger partial charge in [0.15, 0.2) is 12.3 Å². The highest BCUT2D eigenvalue weighted by atomic mass is 16.6. The van der Waals surface area contributed by atoms with E-state index in [1.54, 1.807) is 12.1 Å². The van der Waals surface area contributed by atoms with Crippen molar-refractivity contribution in [3.8, 4) is 5.75 Å². The number of hydrogen-bond acceptors (Lipinski definition) is 5. The summed E-state index contributed by atoms with van der Waals surface area (Å²) in [6, 6.07) is 7.32. The molecule has 0 radical (unpaired) electrons. The predicted octanol–water partition coefficient (Wildman–Crippen LogP) is 1.30. The summed E-state index contributed by atoms with van der Waals surface area (Å²) in [7, 11) is 0. The minimum atomic E-state index is -1.25. The highest BCUT2D eigenvalue weighted by Crippen LogP contribution is 2.14. The van der Waals surface area contributed by atoms with Crippen LogP contribution < -0.4 is 4.74 Å². The zero-order chi connectivity index (χ0) is 13.8. The number of aryl methyl sites for hydroxylation is 1. The lowest BCUT2D eigenvalue weighted by Gasteiger charge is -2.04. The fourth-order valence-corrected chi connectivity index (χ4v) is 1.41. The fourth-order valence-electron chi connectivity index (χ4n) is 1.41. The molecule has 0 unspecified atom stereocenters. The predicted molar refractivity (Wildman–Crippen MR) is 65.9 cm³/mol. The lowest BCUT2D eigenvalue weighted by Crippen LogP contribution is -2.13. The normalized spacial score (nSPS) is 16.2. The topological polar surface area (TPSA) is 85.2 Å². The van der Waals surface area contributed by atoms with Crippen LogP contribution in [-0.4, -0.2) is 29.5 Å². The van der Waals surface area contributed by atoms with Gasteiger partial charge >= 0.3 is 11.9 Å². The largest absolute Gasteiger partial charge is 0.484 e. The summed E-state index contributed by atoms with van der Waals surface area (Å²) in [5, 5.41) is 8.53. The maximum Gasteiger partial charge on any atom is 0.363 e. The zero-order valence-electron chi connectivity index (χ0n) is 10.1. The van der Waals surface area contributed by atoms with Crippen molar-refractivity contribution in [2.75, 3.05) is 6.61 Å². The Bertz CT molecular complexity index is 571. The molecule has 6 nitrogen and oxygen atoms in total. The summed E-state index contributed by atoms with van der Waals surface area (Å²) in [6.45, 7) is 1.92. The molecule has 98 valence electrons. The van der Waals surface area contributed by atoms with Gasteiger partial charge in [0.1, 0.15) is 5.75 Å². The number of nitrogens with zero attached hydrogens (tertiary/aromatic N) is 1. The van der Waals surface area contributed by atoms with E-state index in [1.807, 2.05) is 19.1 Å². The zero-order valence-corrected chi connectivity index (χ0v) is 10.1. The number of rotatable bonds is 4. The summed E-state index contributed by atoms with van der Waals surface area (Å²) in [5.74, 6) is -1.39. The van der Waals surface area contributed by atoms with E-state index in [-0.39, 0.29) is 18.2 Å². The summed E-state index contributed by atoms with van der Waals surface area (Å²) < 4.78 is 10.1. The van der Waals surface area contributed by atoms with Gasteiger partial charge in [-0.05, 0) is 19.1 Å². The van der Waals surface area contributed by atoms with Crippen LogP contribution in [0.3, 0.4) is 0 Å². The third-order valence-electron chi connectivity index (χ3n) is 2.31. The van der Waals surface area contributed by atoms with Crippen LogP contribution in [0.1, 0.15) is 5.56 Å². The minimum absolute atomic E-state index is 0.0360. The third kappa shape index (κ3) is 3.41. The van der Waals surface area contributed by atoms with Crippen molar-refractivity contribution < 1.29 is 24.2 Å². The molecular weight excluding hydrogens is 250 g/mol. The van der Waals surface area contributed by atoms with Gasteiger partial charge in [-0.15, -0.1) is 0 Å². The van der Waals surface area contributed by atoms with E-state index < -0.39 is 11.9 Å². The number of esters is 1. The van der Waals surface area contributed by atoms with Crippen LogP contribution in [0, 0.1) is 6.92 Å². The molecular formula is C13H11NO5. The Balaban J connectivity index is 1.99. The van der Waals surface area contributed by atoms with Crippen molar-refractivity contribution in [1.82, 2.24) is 0 Å². The van der Waals surface area contributed by atoms with Gasteiger partial charge in [0.05, 0.1) is 6.08 Å². The van der Waals surface area contributed by atoms with Crippen LogP contribution >= 0.6 is 0 Å². The maximum atomic E-state index is 11.3. The molecule has 1 heterocycles. The molecule has 1 N–H and O–H groups in total. The molecule has 0 spiro atoms. The van der Waals surface area contributed by atoms with Crippen molar-refractivity contribution in [3.05, 3.63) is 41.6 Å². The van der Waals surface area contributed by atoms with Crippen molar-refractivity contribution >= 4 is 17.8 Å². The highest BCUT2D eigenvalue weighted by Gasteiger charge is 2.24. The molecule has 1 aromatic carbocycles. The lowest BCUT2D eigenvalue weighted by molar-refractivity contribution is -0.133. The van der Waals surface area contributed by atoms with E-state index in [1.165, 1.54) is 0 Å². The van der Waals surface area contributed by atoms with Gasteiger partial charge in [-0.1, -0.05) is 17.7 Å². The molecule has 2 rings (SSSR count). The van der Waals surface area contributed by atoms with Gasteiger partial charge in [-0.25, -0.2) is 14.6 Å². The molecule has 0 saturated heterocycles. The number of ether oxygens (including phenoxy) is 2. The van der Waals surface area contributed by atoms with Crippen LogP contribution in [0.15, 0.2) is 41.0 Å². The van der Waals surface area contributed by atoms with Crippen molar-refractivity contribution in [2.24, 2.45) is 4.99 Å². The molecule has 1 aliphatic rings. The van der Waals surface area contributed by atoms with Crippen LogP contribution in [0.25, 0.3) is 0 Å². The smallest absolute Gasteiger partial charge is 0.363 e. The van der Waals surface area contributed by atoms with Gasteiger partial charge < -0.3 is 14.6 Å². The maximum absolute atomic E-state index is 11.3. The van der Waals surface area contributed by atoms with E-state index in [9.17, 15) is 9.59 Å². The first-order chi connectivity index (χ1) is 9.04. The number of carboxylic acids is 1. The Morgan fingerprint density at radius 3 is 2.74 bits per heavy atom. The summed E-state index contributed by atoms with van der Waals surface area (Å²) in [4.78, 5) is 25.4. The number of benzene rings is 1. The van der Waals surface area contributed by atoms with E-state index in [0.717, 1.165) is 5.56 Å². The average molecular weight is 261 g/mol. The average Bonchev–Trinajstić information content (AvgIpc) is 2.69. The number of cyclic esters (lactones) is 1. The second-order valence-electron chi connectivity index (χ2n) is 3.86. The number of carboxylic acid groups (broad SMARTS) is 1. The molecule has 0 aliphatic carbocycles. The Morgan fingerprint density at radius 2 is 2.11 bits per heavy atom. The monoisotopic (exact) mass is 261 g/mol. The fraction of sp³-hybridized carbons (Fsp3) is 0.154. The molecule has 1 aromatic rings. The van der Waals surface area contributed by atoms with Crippen molar-refractivity contribution in [3.63, 3.8) is 0 Å². The first kappa shape index (κ1) is 12.8. The molecule has 1 aliphatic heterocycles. The second-order valence-corrected chi connectivity index (χ2v) is 3.86. The number of carbonyl (C=O) groups excluding carboxylic acids is 1. The molecule has 0 fully saturated rings. The second kappa shape index (κ2) is 5.34. The van der Waals surface area contributed by atoms with Gasteiger partial charge in [0, 0.05) is 0 Å². The van der Waals surface area contributed by atoms with Crippen molar-refractivity contribution in [1.29, 1.82) is 0 Å². The molecule has 0 bridgehead atoms. The lowest BCUT2D eigenvalue weighted by atomic mass is 10.2. The number of carbonyl (C=O) groups is 2. The number of aliphatic carboxylic acids is 1. The summed E-state index contributed by atoms with van der Waals surface area (Å²) in [5.41, 5.74) is 0.860. The van der Waals surface area contributed by atoms with E-state index in [4.69, 9.17) is 14.6 Å². The molecule has 0 amide bonds. The van der Waals surface area contributed by atoms with Crippen LogP contribution in [0.5, 0.6) is 5.75 Å². The van der Waals surface area contributed by atoms with Crippen LogP contribution in [0.4, 0.5) is 0 Å². The summed E-state index contributed by atoms with van der Waals surface area (Å²) >= 11 is 0. The minimum Gasteiger partial charge on any atom is -0.484 e. The molecule has 6 heteroatoms. The summed E-state index contributed by atoms with van der Waals surface area (Å²) in [6.07, 6.45) is 0.696. The Kier molecular flexibility index (Phi) is 3.61. The molecule has 0 atom stereocenters. The standard InChI is InChI=1S/C13H11NO5/c1-8-2-4-9(5-3-8)18-7-11-14-10(6-12(15)16)13(17)19-11/h2-6H,7H2,1H3,(H,15,16)/b10-6+. The van der Waals surface area contributed by atoms with Gasteiger partial charge in [0.2, 0.25) is 5.90 Å². The Labute approximate surface area is 109 Å². The highest BCUT2D eigenvalue weighted by molar-refractivity contribution is 6.07. The molecule has 19 heavy (non-hydrogen) atoms. The van der Waals surface area contributed by atoms with Gasteiger partial charge in [-0.3, -0.25) is 0 Å². The van der Waals surface area contributed by atoms with Gasteiger partial charge in [0.25, 0.3) is 0 Å².